The first-order valence-corrected chi connectivity index (χ1v) is 8.97. The van der Waals surface area contributed by atoms with E-state index in [-0.39, 0.29) is 11.9 Å². The first-order valence-electron chi connectivity index (χ1n) is 8.97. The molecule has 1 saturated heterocycles. The molecule has 1 heterocycles. The van der Waals surface area contributed by atoms with Gasteiger partial charge in [0.25, 0.3) is 5.91 Å². The SMILES string of the molecule is COC(=O)c1ccc([C@@H]2[C@H](Oc3ccccc3)C(=O)N2c2ccccc2)cc1. The topological polar surface area (TPSA) is 55.8 Å². The number of anilines is 1. The molecule has 0 saturated carbocycles. The molecule has 3 aromatic rings. The van der Waals surface area contributed by atoms with Crippen molar-refractivity contribution in [3.63, 3.8) is 0 Å². The molecule has 2 atom stereocenters. The molecule has 1 aliphatic heterocycles. The van der Waals surface area contributed by atoms with Crippen molar-refractivity contribution in [2.75, 3.05) is 12.0 Å². The van der Waals surface area contributed by atoms with Gasteiger partial charge in [-0.1, -0.05) is 48.5 Å². The number of hydrogen-bond donors (Lipinski definition) is 0. The number of benzene rings is 3. The molecule has 140 valence electrons. The second-order valence-corrected chi connectivity index (χ2v) is 6.45. The van der Waals surface area contributed by atoms with Crippen LogP contribution in [0.15, 0.2) is 84.9 Å². The van der Waals surface area contributed by atoms with Gasteiger partial charge in [-0.05, 0) is 42.0 Å². The maximum Gasteiger partial charge on any atom is 0.337 e. The van der Waals surface area contributed by atoms with Crippen molar-refractivity contribution in [3.8, 4) is 5.75 Å². The standard InChI is InChI=1S/C23H19NO4/c1-27-23(26)17-14-12-16(13-15-17)20-21(28-19-10-6-3-7-11-19)22(25)24(20)18-8-4-2-5-9-18/h2-15,20-21H,1H3/t20-,21+/m1/s1. The summed E-state index contributed by atoms with van der Waals surface area (Å²) in [4.78, 5) is 26.3. The van der Waals surface area contributed by atoms with Crippen LogP contribution in [-0.2, 0) is 9.53 Å². The van der Waals surface area contributed by atoms with Gasteiger partial charge in [0.15, 0.2) is 0 Å². The molecule has 0 spiro atoms. The summed E-state index contributed by atoms with van der Waals surface area (Å²) < 4.78 is 10.8. The Labute approximate surface area is 163 Å². The average molecular weight is 373 g/mol. The number of nitrogens with zero attached hydrogens (tertiary/aromatic N) is 1. The predicted octanol–water partition coefficient (Wildman–Crippen LogP) is 4.01. The summed E-state index contributed by atoms with van der Waals surface area (Å²) in [6.45, 7) is 0. The van der Waals surface area contributed by atoms with Crippen molar-refractivity contribution < 1.29 is 19.1 Å². The van der Waals surface area contributed by atoms with Gasteiger partial charge in [0.1, 0.15) is 11.8 Å². The highest BCUT2D eigenvalue weighted by atomic mass is 16.5. The zero-order valence-electron chi connectivity index (χ0n) is 15.3. The number of carbonyl (C=O) groups excluding carboxylic acids is 2. The Hall–Kier alpha value is -3.60. The Morgan fingerprint density at radius 2 is 1.46 bits per heavy atom. The Morgan fingerprint density at radius 3 is 2.07 bits per heavy atom. The molecule has 5 nitrogen and oxygen atoms in total. The number of amides is 1. The van der Waals surface area contributed by atoms with Gasteiger partial charge in [-0.25, -0.2) is 4.79 Å². The van der Waals surface area contributed by atoms with Crippen molar-refractivity contribution >= 4 is 17.6 Å². The number of para-hydroxylation sites is 2. The molecule has 1 amide bonds. The normalized spacial score (nSPS) is 18.3. The quantitative estimate of drug-likeness (QED) is 0.501. The lowest BCUT2D eigenvalue weighted by Gasteiger charge is -2.46. The maximum absolute atomic E-state index is 12.9. The van der Waals surface area contributed by atoms with E-state index in [2.05, 4.69) is 0 Å². The highest BCUT2D eigenvalue weighted by Crippen LogP contribution is 2.41. The Kier molecular flexibility index (Phi) is 4.81. The monoisotopic (exact) mass is 373 g/mol. The van der Waals surface area contributed by atoms with Crippen LogP contribution in [0, 0.1) is 0 Å². The fraction of sp³-hybridized carbons (Fsp3) is 0.130. The molecular weight excluding hydrogens is 354 g/mol. The minimum absolute atomic E-state index is 0.0999. The molecule has 0 bridgehead atoms. The van der Waals surface area contributed by atoms with Crippen LogP contribution in [0.3, 0.4) is 0 Å². The molecule has 4 rings (SSSR count). The summed E-state index contributed by atoms with van der Waals surface area (Å²) in [7, 11) is 1.35. The van der Waals surface area contributed by atoms with E-state index in [1.807, 2.05) is 72.8 Å². The molecule has 1 aliphatic rings. The minimum atomic E-state index is -0.633. The third kappa shape index (κ3) is 3.22. The summed E-state index contributed by atoms with van der Waals surface area (Å²) in [5.74, 6) is 0.148. The van der Waals surface area contributed by atoms with Crippen molar-refractivity contribution in [2.24, 2.45) is 0 Å². The lowest BCUT2D eigenvalue weighted by molar-refractivity contribution is -0.135. The summed E-state index contributed by atoms with van der Waals surface area (Å²) in [5, 5.41) is 0. The highest BCUT2D eigenvalue weighted by Gasteiger charge is 2.51. The summed E-state index contributed by atoms with van der Waals surface area (Å²) in [5.41, 5.74) is 2.16. The number of rotatable bonds is 5. The summed E-state index contributed by atoms with van der Waals surface area (Å²) >= 11 is 0. The summed E-state index contributed by atoms with van der Waals surface area (Å²) in [6.07, 6.45) is -0.633. The minimum Gasteiger partial charge on any atom is -0.478 e. The highest BCUT2D eigenvalue weighted by molar-refractivity contribution is 6.05. The zero-order valence-corrected chi connectivity index (χ0v) is 15.3. The van der Waals surface area contributed by atoms with Gasteiger partial charge in [0.2, 0.25) is 6.10 Å². The van der Waals surface area contributed by atoms with E-state index in [4.69, 9.17) is 9.47 Å². The molecule has 3 aromatic carbocycles. The Morgan fingerprint density at radius 1 is 0.857 bits per heavy atom. The van der Waals surface area contributed by atoms with Crippen LogP contribution in [-0.4, -0.2) is 25.1 Å². The van der Waals surface area contributed by atoms with Crippen molar-refractivity contribution in [1.29, 1.82) is 0 Å². The number of hydrogen-bond acceptors (Lipinski definition) is 4. The van der Waals surface area contributed by atoms with Crippen LogP contribution < -0.4 is 9.64 Å². The lowest BCUT2D eigenvalue weighted by Crippen LogP contribution is -2.61. The van der Waals surface area contributed by atoms with Gasteiger partial charge in [-0.15, -0.1) is 0 Å². The van der Waals surface area contributed by atoms with Gasteiger partial charge in [-0.2, -0.15) is 0 Å². The van der Waals surface area contributed by atoms with Crippen LogP contribution in [0.1, 0.15) is 22.0 Å². The van der Waals surface area contributed by atoms with E-state index in [9.17, 15) is 9.59 Å². The second kappa shape index (κ2) is 7.56. The molecule has 0 radical (unpaired) electrons. The fourth-order valence-electron chi connectivity index (χ4n) is 3.36. The third-order valence-corrected chi connectivity index (χ3v) is 4.76. The van der Waals surface area contributed by atoms with Crippen LogP contribution in [0.2, 0.25) is 0 Å². The fourth-order valence-corrected chi connectivity index (χ4v) is 3.36. The Balaban J connectivity index is 1.67. The van der Waals surface area contributed by atoms with E-state index in [1.54, 1.807) is 17.0 Å². The molecule has 0 unspecified atom stereocenters. The number of methoxy groups -OCH3 is 1. The lowest BCUT2D eigenvalue weighted by atomic mass is 9.89. The molecule has 28 heavy (non-hydrogen) atoms. The Bertz CT molecular complexity index is 971. The van der Waals surface area contributed by atoms with Crippen LogP contribution in [0.4, 0.5) is 5.69 Å². The van der Waals surface area contributed by atoms with Crippen molar-refractivity contribution in [1.82, 2.24) is 0 Å². The molecule has 1 fully saturated rings. The van der Waals surface area contributed by atoms with Gasteiger partial charge in [0.05, 0.1) is 12.7 Å². The molecule has 0 aliphatic carbocycles. The second-order valence-electron chi connectivity index (χ2n) is 6.45. The van der Waals surface area contributed by atoms with E-state index in [1.165, 1.54) is 7.11 Å². The van der Waals surface area contributed by atoms with Gasteiger partial charge < -0.3 is 9.47 Å². The van der Waals surface area contributed by atoms with Crippen molar-refractivity contribution in [3.05, 3.63) is 96.1 Å². The molecule has 5 heteroatoms. The number of β-lactam (4-membered cyclic amide) rings is 1. The third-order valence-electron chi connectivity index (χ3n) is 4.76. The predicted molar refractivity (Wildman–Crippen MR) is 105 cm³/mol. The van der Waals surface area contributed by atoms with Gasteiger partial charge in [0, 0.05) is 5.69 Å². The molecular formula is C23H19NO4. The van der Waals surface area contributed by atoms with Gasteiger partial charge >= 0.3 is 5.97 Å². The number of esters is 1. The average Bonchev–Trinajstić information content (AvgIpc) is 2.76. The number of carbonyl (C=O) groups is 2. The van der Waals surface area contributed by atoms with Crippen molar-refractivity contribution in [2.45, 2.75) is 12.1 Å². The van der Waals surface area contributed by atoms with E-state index >= 15 is 0 Å². The van der Waals surface area contributed by atoms with Crippen LogP contribution in [0.5, 0.6) is 5.75 Å². The smallest absolute Gasteiger partial charge is 0.337 e. The number of ether oxygens (including phenoxy) is 2. The van der Waals surface area contributed by atoms with E-state index in [0.717, 1.165) is 11.3 Å². The van der Waals surface area contributed by atoms with Gasteiger partial charge in [-0.3, -0.25) is 9.69 Å². The molecule has 0 N–H and O–H groups in total. The van der Waals surface area contributed by atoms with E-state index in [0.29, 0.717) is 11.3 Å². The van der Waals surface area contributed by atoms with E-state index < -0.39 is 12.1 Å². The first kappa shape index (κ1) is 17.8. The van der Waals surface area contributed by atoms with Crippen LogP contribution in [0.25, 0.3) is 0 Å². The first-order chi connectivity index (χ1) is 13.7. The largest absolute Gasteiger partial charge is 0.478 e. The molecule has 0 aromatic heterocycles. The van der Waals surface area contributed by atoms with Crippen LogP contribution >= 0.6 is 0 Å². The summed E-state index contributed by atoms with van der Waals surface area (Å²) in [6, 6.07) is 25.6. The zero-order chi connectivity index (χ0) is 19.5. The maximum atomic E-state index is 12.9.